The highest BCUT2D eigenvalue weighted by atomic mass is 127. The van der Waals surface area contributed by atoms with Crippen LogP contribution in [0, 0.1) is 2.88 Å². The molecular formula is C11H4ClF3INOS. The summed E-state index contributed by atoms with van der Waals surface area (Å²) in [6, 6.07) is 3.43. The van der Waals surface area contributed by atoms with E-state index in [1.807, 2.05) is 22.6 Å². The Kier molecular flexibility index (Phi) is 4.17. The quantitative estimate of drug-likeness (QED) is 0.404. The zero-order chi connectivity index (χ0) is 14.2. The molecular weight excluding hydrogens is 414 g/mol. The van der Waals surface area contributed by atoms with E-state index in [2.05, 4.69) is 4.98 Å². The lowest BCUT2D eigenvalue weighted by atomic mass is 10.1. The van der Waals surface area contributed by atoms with Crippen LogP contribution in [0.2, 0.25) is 5.15 Å². The number of alkyl halides is 3. The molecule has 2 rings (SSSR count). The summed E-state index contributed by atoms with van der Waals surface area (Å²) in [5, 5.41) is 1.18. The zero-order valence-corrected chi connectivity index (χ0v) is 12.7. The van der Waals surface area contributed by atoms with Crippen molar-refractivity contribution in [3.8, 4) is 0 Å². The molecule has 0 amide bonds. The molecule has 0 aromatic carbocycles. The molecule has 2 nitrogen and oxygen atoms in total. The smallest absolute Gasteiger partial charge is 0.288 e. The van der Waals surface area contributed by atoms with E-state index >= 15 is 0 Å². The Morgan fingerprint density at radius 2 is 2.05 bits per heavy atom. The first kappa shape index (κ1) is 14.7. The molecule has 0 bridgehead atoms. The fourth-order valence-electron chi connectivity index (χ4n) is 1.35. The molecule has 2 aromatic rings. The molecule has 0 atom stereocenters. The van der Waals surface area contributed by atoms with E-state index in [4.69, 9.17) is 11.6 Å². The molecule has 0 unspecified atom stereocenters. The van der Waals surface area contributed by atoms with E-state index in [0.29, 0.717) is 5.56 Å². The lowest BCUT2D eigenvalue weighted by Crippen LogP contribution is -2.10. The highest BCUT2D eigenvalue weighted by Gasteiger charge is 2.33. The third kappa shape index (κ3) is 3.26. The number of hydrogen-bond acceptors (Lipinski definition) is 3. The first-order chi connectivity index (χ1) is 8.79. The van der Waals surface area contributed by atoms with Crippen LogP contribution < -0.4 is 0 Å². The van der Waals surface area contributed by atoms with Crippen LogP contribution >= 0.6 is 45.5 Å². The first-order valence-electron chi connectivity index (χ1n) is 4.81. The molecule has 0 N–H and O–H groups in total. The maximum Gasteiger partial charge on any atom is 0.433 e. The maximum absolute atomic E-state index is 12.4. The number of aromatic nitrogens is 1. The van der Waals surface area contributed by atoms with Gasteiger partial charge < -0.3 is 0 Å². The van der Waals surface area contributed by atoms with Crippen LogP contribution in [0.3, 0.4) is 0 Å². The Morgan fingerprint density at radius 3 is 2.53 bits per heavy atom. The maximum atomic E-state index is 12.4. The van der Waals surface area contributed by atoms with Gasteiger partial charge in [-0.15, -0.1) is 11.3 Å². The molecule has 0 aliphatic heterocycles. The molecule has 19 heavy (non-hydrogen) atoms. The number of nitrogens with zero attached hydrogens (tertiary/aromatic N) is 1. The van der Waals surface area contributed by atoms with Gasteiger partial charge >= 0.3 is 6.18 Å². The number of halogens is 5. The molecule has 0 aliphatic carbocycles. The van der Waals surface area contributed by atoms with E-state index in [9.17, 15) is 18.0 Å². The fourth-order valence-corrected chi connectivity index (χ4v) is 2.91. The van der Waals surface area contributed by atoms with Gasteiger partial charge in [0.15, 0.2) is 5.78 Å². The van der Waals surface area contributed by atoms with Crippen molar-refractivity contribution >= 4 is 51.3 Å². The Hall–Kier alpha value is -0.670. The van der Waals surface area contributed by atoms with E-state index < -0.39 is 22.8 Å². The number of ketones is 1. The van der Waals surface area contributed by atoms with Crippen molar-refractivity contribution in [1.29, 1.82) is 0 Å². The van der Waals surface area contributed by atoms with E-state index in [-0.39, 0.29) is 5.56 Å². The Bertz CT molecular complexity index is 641. The van der Waals surface area contributed by atoms with Crippen LogP contribution in [0.25, 0.3) is 0 Å². The minimum Gasteiger partial charge on any atom is -0.288 e. The van der Waals surface area contributed by atoms with Crippen molar-refractivity contribution in [3.05, 3.63) is 48.4 Å². The van der Waals surface area contributed by atoms with Gasteiger partial charge in [0.1, 0.15) is 10.8 Å². The zero-order valence-electron chi connectivity index (χ0n) is 8.96. The summed E-state index contributed by atoms with van der Waals surface area (Å²) in [7, 11) is 0. The second-order valence-corrected chi connectivity index (χ2v) is 6.66. The van der Waals surface area contributed by atoms with Crippen molar-refractivity contribution in [1.82, 2.24) is 4.98 Å². The first-order valence-corrected chi connectivity index (χ1v) is 7.15. The van der Waals surface area contributed by atoms with Gasteiger partial charge in [-0.1, -0.05) is 11.6 Å². The summed E-state index contributed by atoms with van der Waals surface area (Å²) >= 11 is 9.07. The lowest BCUT2D eigenvalue weighted by Gasteiger charge is -2.07. The van der Waals surface area contributed by atoms with Gasteiger partial charge in [0, 0.05) is 10.9 Å². The van der Waals surface area contributed by atoms with Crippen molar-refractivity contribution in [3.63, 3.8) is 0 Å². The SMILES string of the molecule is O=C(c1csc(I)c1)c1ccc(C(F)(F)F)nc1Cl. The molecule has 0 radical (unpaired) electrons. The van der Waals surface area contributed by atoms with Crippen LogP contribution in [0.1, 0.15) is 21.6 Å². The summed E-state index contributed by atoms with van der Waals surface area (Å²) in [5.41, 5.74) is -0.768. The average Bonchev–Trinajstić information content (AvgIpc) is 2.73. The third-order valence-electron chi connectivity index (χ3n) is 2.21. The summed E-state index contributed by atoms with van der Waals surface area (Å²) in [6.45, 7) is 0. The van der Waals surface area contributed by atoms with Gasteiger partial charge in [0.25, 0.3) is 0 Å². The number of carbonyl (C=O) groups excluding carboxylic acids is 1. The molecule has 8 heteroatoms. The Balaban J connectivity index is 2.39. The van der Waals surface area contributed by atoms with Gasteiger partial charge in [-0.05, 0) is 40.8 Å². The summed E-state index contributed by atoms with van der Waals surface area (Å²) < 4.78 is 38.2. The average molecular weight is 418 g/mol. The molecule has 100 valence electrons. The van der Waals surface area contributed by atoms with Crippen molar-refractivity contribution in [2.75, 3.05) is 0 Å². The van der Waals surface area contributed by atoms with Crippen LogP contribution in [-0.4, -0.2) is 10.8 Å². The normalized spacial score (nSPS) is 11.6. The van der Waals surface area contributed by atoms with Crippen LogP contribution in [0.15, 0.2) is 23.6 Å². The topological polar surface area (TPSA) is 30.0 Å². The summed E-state index contributed by atoms with van der Waals surface area (Å²) in [6.07, 6.45) is -4.58. The third-order valence-corrected chi connectivity index (χ3v) is 4.29. The second kappa shape index (κ2) is 5.37. The molecule has 2 heterocycles. The molecule has 0 aliphatic rings. The van der Waals surface area contributed by atoms with Crippen LogP contribution in [-0.2, 0) is 6.18 Å². The Labute approximate surface area is 128 Å². The number of carbonyl (C=O) groups is 1. The van der Waals surface area contributed by atoms with E-state index in [1.54, 1.807) is 11.4 Å². The highest BCUT2D eigenvalue weighted by molar-refractivity contribution is 14.1. The van der Waals surface area contributed by atoms with Crippen LogP contribution in [0.4, 0.5) is 13.2 Å². The predicted octanol–water partition coefficient (Wildman–Crippen LogP) is 4.65. The van der Waals surface area contributed by atoms with Crippen molar-refractivity contribution in [2.45, 2.75) is 6.18 Å². The lowest BCUT2D eigenvalue weighted by molar-refractivity contribution is -0.141. The molecule has 0 saturated carbocycles. The summed E-state index contributed by atoms with van der Waals surface area (Å²) in [4.78, 5) is 15.3. The largest absolute Gasteiger partial charge is 0.433 e. The standard InChI is InChI=1S/C11H4ClF3INOS/c12-10-6(1-2-7(17-10)11(13,14)15)9(18)5-3-8(16)19-4-5/h1-4H. The summed E-state index contributed by atoms with van der Waals surface area (Å²) in [5.74, 6) is -0.439. The van der Waals surface area contributed by atoms with E-state index in [0.717, 1.165) is 15.0 Å². The van der Waals surface area contributed by atoms with Gasteiger partial charge in [-0.2, -0.15) is 13.2 Å². The van der Waals surface area contributed by atoms with E-state index in [1.165, 1.54) is 11.3 Å². The van der Waals surface area contributed by atoms with Crippen LogP contribution in [0.5, 0.6) is 0 Å². The second-order valence-electron chi connectivity index (χ2n) is 3.50. The number of rotatable bonds is 2. The molecule has 0 spiro atoms. The van der Waals surface area contributed by atoms with Gasteiger partial charge in [-0.3, -0.25) is 4.79 Å². The molecule has 0 saturated heterocycles. The fraction of sp³-hybridized carbons (Fsp3) is 0.0909. The minimum atomic E-state index is -4.58. The van der Waals surface area contributed by atoms with Crippen molar-refractivity contribution < 1.29 is 18.0 Å². The monoisotopic (exact) mass is 417 g/mol. The van der Waals surface area contributed by atoms with Gasteiger partial charge in [0.05, 0.1) is 8.45 Å². The minimum absolute atomic E-state index is 0.0381. The van der Waals surface area contributed by atoms with Crippen molar-refractivity contribution in [2.24, 2.45) is 0 Å². The van der Waals surface area contributed by atoms with Gasteiger partial charge in [0.2, 0.25) is 0 Å². The highest BCUT2D eigenvalue weighted by Crippen LogP contribution is 2.30. The Morgan fingerprint density at radius 1 is 1.37 bits per heavy atom. The molecule has 0 fully saturated rings. The molecule has 2 aromatic heterocycles. The number of pyridine rings is 1. The number of hydrogen-bond donors (Lipinski definition) is 0. The van der Waals surface area contributed by atoms with Gasteiger partial charge in [-0.25, -0.2) is 4.98 Å². The number of thiophene rings is 1. The predicted molar refractivity (Wildman–Crippen MR) is 74.7 cm³/mol.